The Morgan fingerprint density at radius 3 is 2.61 bits per heavy atom. The Morgan fingerprint density at radius 1 is 1.09 bits per heavy atom. The van der Waals surface area contributed by atoms with Gasteiger partial charge in [-0.05, 0) is 35.8 Å². The van der Waals surface area contributed by atoms with E-state index in [1.54, 1.807) is 13.2 Å². The Bertz CT molecular complexity index is 1010. The lowest BCUT2D eigenvalue weighted by atomic mass is 9.95. The van der Waals surface area contributed by atoms with Crippen molar-refractivity contribution < 1.29 is 24.2 Å². The number of ether oxygens (including phenoxy) is 2. The number of methoxy groups -OCH3 is 1. The number of aliphatic hydroxyl groups is 1. The van der Waals surface area contributed by atoms with Crippen molar-refractivity contribution >= 4 is 17.8 Å². The smallest absolute Gasteiger partial charge is 0.290 e. The Balaban J connectivity index is 1.91. The molecule has 2 aromatic rings. The number of hydrogen-bond acceptors (Lipinski definition) is 5. The Labute approximate surface area is 195 Å². The molecule has 0 saturated heterocycles. The predicted octanol–water partition coefficient (Wildman–Crippen LogP) is 4.88. The van der Waals surface area contributed by atoms with Crippen molar-refractivity contribution in [3.63, 3.8) is 0 Å². The van der Waals surface area contributed by atoms with Gasteiger partial charge in [-0.15, -0.1) is 0 Å². The van der Waals surface area contributed by atoms with Crippen molar-refractivity contribution in [2.75, 3.05) is 26.9 Å². The van der Waals surface area contributed by atoms with Crippen LogP contribution in [-0.4, -0.2) is 48.6 Å². The fourth-order valence-corrected chi connectivity index (χ4v) is 3.81. The van der Waals surface area contributed by atoms with Gasteiger partial charge in [0.1, 0.15) is 5.75 Å². The summed E-state index contributed by atoms with van der Waals surface area (Å²) in [5.74, 6) is -0.847. The first-order valence-corrected chi connectivity index (χ1v) is 11.3. The van der Waals surface area contributed by atoms with Gasteiger partial charge >= 0.3 is 0 Å². The molecule has 1 N–H and O–H groups in total. The third-order valence-electron chi connectivity index (χ3n) is 5.52. The average Bonchev–Trinajstić information content (AvgIpc) is 3.09. The molecule has 0 radical (unpaired) electrons. The Morgan fingerprint density at radius 2 is 1.88 bits per heavy atom. The minimum Gasteiger partial charge on any atom is -0.503 e. The van der Waals surface area contributed by atoms with E-state index in [-0.39, 0.29) is 18.7 Å². The van der Waals surface area contributed by atoms with E-state index >= 15 is 0 Å². The van der Waals surface area contributed by atoms with Crippen molar-refractivity contribution in [3.8, 4) is 5.75 Å². The summed E-state index contributed by atoms with van der Waals surface area (Å²) in [5.41, 5.74) is 1.62. The molecule has 2 aromatic carbocycles. The van der Waals surface area contributed by atoms with Gasteiger partial charge in [0.15, 0.2) is 11.5 Å². The molecule has 3 rings (SSSR count). The summed E-state index contributed by atoms with van der Waals surface area (Å²) in [6.07, 6.45) is 6.22. The van der Waals surface area contributed by atoms with Crippen LogP contribution in [0, 0.1) is 0 Å². The summed E-state index contributed by atoms with van der Waals surface area (Å²) in [6, 6.07) is 16.0. The molecule has 0 spiro atoms. The molecular weight excluding hydrogens is 418 g/mol. The van der Waals surface area contributed by atoms with Gasteiger partial charge in [0.2, 0.25) is 0 Å². The van der Waals surface area contributed by atoms with E-state index in [0.29, 0.717) is 17.9 Å². The fraction of sp³-hybridized carbons (Fsp3) is 0.333. The predicted molar refractivity (Wildman–Crippen MR) is 128 cm³/mol. The van der Waals surface area contributed by atoms with Crippen LogP contribution in [0.15, 0.2) is 72.0 Å². The second kappa shape index (κ2) is 12.0. The average molecular weight is 450 g/mol. The number of allylic oxidation sites excluding steroid dienone is 1. The number of carbonyl (C=O) groups excluding carboxylic acids is 2. The molecule has 6 nitrogen and oxygen atoms in total. The van der Waals surface area contributed by atoms with Crippen LogP contribution in [0.2, 0.25) is 0 Å². The maximum absolute atomic E-state index is 13.2. The number of benzene rings is 2. The van der Waals surface area contributed by atoms with Crippen molar-refractivity contribution in [3.05, 3.63) is 83.1 Å². The molecule has 1 aliphatic heterocycles. The molecule has 1 unspecified atom stereocenters. The zero-order valence-corrected chi connectivity index (χ0v) is 19.2. The lowest BCUT2D eigenvalue weighted by Crippen LogP contribution is -2.33. The first kappa shape index (κ1) is 24.3. The van der Waals surface area contributed by atoms with Crippen LogP contribution in [0.25, 0.3) is 6.08 Å². The van der Waals surface area contributed by atoms with Gasteiger partial charge in [0.25, 0.3) is 5.91 Å². The van der Waals surface area contributed by atoms with E-state index in [1.165, 1.54) is 11.0 Å². The van der Waals surface area contributed by atoms with E-state index in [0.717, 1.165) is 24.8 Å². The summed E-state index contributed by atoms with van der Waals surface area (Å²) in [6.45, 7) is 3.26. The molecular formula is C27H31NO5. The molecule has 33 heavy (non-hydrogen) atoms. The number of nitrogens with zero attached hydrogens (tertiary/aromatic N) is 1. The third kappa shape index (κ3) is 6.11. The number of aliphatic hydroxyl groups excluding tert-OH is 1. The summed E-state index contributed by atoms with van der Waals surface area (Å²) in [7, 11) is 1.54. The quantitative estimate of drug-likeness (QED) is 0.369. The summed E-state index contributed by atoms with van der Waals surface area (Å²) in [5, 5.41) is 10.7. The maximum atomic E-state index is 13.2. The summed E-state index contributed by atoms with van der Waals surface area (Å²) < 4.78 is 11.0. The van der Waals surface area contributed by atoms with Crippen LogP contribution in [0.1, 0.15) is 43.4 Å². The number of unbranched alkanes of at least 4 members (excludes halogenated alkanes) is 2. The van der Waals surface area contributed by atoms with E-state index in [9.17, 15) is 14.7 Å². The SMILES string of the molecule is CCCCCOc1cccc(C2C(C(=O)C=Cc3ccccc3)=C(O)C(=O)N2CCOC)c1. The highest BCUT2D eigenvalue weighted by atomic mass is 16.5. The highest BCUT2D eigenvalue weighted by molar-refractivity contribution is 6.14. The first-order chi connectivity index (χ1) is 16.1. The fourth-order valence-electron chi connectivity index (χ4n) is 3.81. The van der Waals surface area contributed by atoms with Crippen LogP contribution >= 0.6 is 0 Å². The van der Waals surface area contributed by atoms with Gasteiger partial charge < -0.3 is 19.5 Å². The molecule has 0 bridgehead atoms. The normalized spacial score (nSPS) is 16.1. The van der Waals surface area contributed by atoms with Crippen molar-refractivity contribution in [2.24, 2.45) is 0 Å². The van der Waals surface area contributed by atoms with Crippen LogP contribution in [-0.2, 0) is 14.3 Å². The van der Waals surface area contributed by atoms with E-state index in [2.05, 4.69) is 6.92 Å². The number of hydrogen-bond donors (Lipinski definition) is 1. The maximum Gasteiger partial charge on any atom is 0.290 e. The van der Waals surface area contributed by atoms with E-state index in [1.807, 2.05) is 54.6 Å². The highest BCUT2D eigenvalue weighted by Crippen LogP contribution is 2.38. The zero-order chi connectivity index (χ0) is 23.6. The van der Waals surface area contributed by atoms with Crippen LogP contribution in [0.5, 0.6) is 5.75 Å². The Hall–Kier alpha value is -3.38. The third-order valence-corrected chi connectivity index (χ3v) is 5.52. The van der Waals surface area contributed by atoms with E-state index in [4.69, 9.17) is 9.47 Å². The van der Waals surface area contributed by atoms with Crippen LogP contribution < -0.4 is 4.74 Å². The number of ketones is 1. The second-order valence-electron chi connectivity index (χ2n) is 7.89. The van der Waals surface area contributed by atoms with E-state index < -0.39 is 23.5 Å². The molecule has 0 saturated carbocycles. The van der Waals surface area contributed by atoms with Gasteiger partial charge in [-0.2, -0.15) is 0 Å². The van der Waals surface area contributed by atoms with Gasteiger partial charge in [-0.1, -0.05) is 68.3 Å². The van der Waals surface area contributed by atoms with Gasteiger partial charge in [-0.25, -0.2) is 0 Å². The molecule has 0 aromatic heterocycles. The van der Waals surface area contributed by atoms with Crippen LogP contribution in [0.3, 0.4) is 0 Å². The van der Waals surface area contributed by atoms with Crippen LogP contribution in [0.4, 0.5) is 0 Å². The molecule has 174 valence electrons. The molecule has 0 fully saturated rings. The number of carbonyl (C=O) groups is 2. The summed E-state index contributed by atoms with van der Waals surface area (Å²) in [4.78, 5) is 27.5. The lowest BCUT2D eigenvalue weighted by molar-refractivity contribution is -0.130. The first-order valence-electron chi connectivity index (χ1n) is 11.3. The lowest BCUT2D eigenvalue weighted by Gasteiger charge is -2.26. The van der Waals surface area contributed by atoms with Crippen molar-refractivity contribution in [1.29, 1.82) is 0 Å². The van der Waals surface area contributed by atoms with Crippen molar-refractivity contribution in [2.45, 2.75) is 32.2 Å². The summed E-state index contributed by atoms with van der Waals surface area (Å²) >= 11 is 0. The molecule has 1 amide bonds. The van der Waals surface area contributed by atoms with Gasteiger partial charge in [-0.3, -0.25) is 9.59 Å². The molecule has 1 atom stereocenters. The van der Waals surface area contributed by atoms with Crippen molar-refractivity contribution in [1.82, 2.24) is 4.90 Å². The zero-order valence-electron chi connectivity index (χ0n) is 19.2. The Kier molecular flexibility index (Phi) is 8.84. The molecule has 6 heteroatoms. The molecule has 0 aliphatic carbocycles. The monoisotopic (exact) mass is 449 g/mol. The van der Waals surface area contributed by atoms with Gasteiger partial charge in [0, 0.05) is 13.7 Å². The number of rotatable bonds is 12. The standard InChI is InChI=1S/C27H31NO5/c1-3-4-8-17-33-22-13-9-12-21(19-22)25-24(26(30)27(31)28(25)16-18-32-2)23(29)15-14-20-10-6-5-7-11-20/h5-7,9-15,19,25,30H,3-4,8,16-18H2,1-2H3. The molecule has 1 aliphatic rings. The highest BCUT2D eigenvalue weighted by Gasteiger charge is 2.42. The number of amides is 1. The minimum atomic E-state index is -0.722. The minimum absolute atomic E-state index is 0.0615. The molecule has 1 heterocycles. The topological polar surface area (TPSA) is 76.1 Å². The largest absolute Gasteiger partial charge is 0.503 e. The van der Waals surface area contributed by atoms with Gasteiger partial charge in [0.05, 0.1) is 24.8 Å². The second-order valence-corrected chi connectivity index (χ2v) is 7.89.